The Morgan fingerprint density at radius 2 is 1.65 bits per heavy atom. The van der Waals surface area contributed by atoms with Crippen LogP contribution in [0.5, 0.6) is 0 Å². The number of nitrogens with zero attached hydrogens (tertiary/aromatic N) is 6. The van der Waals surface area contributed by atoms with Crippen LogP contribution in [0.25, 0.3) is 16.7 Å². The largest absolute Gasteiger partial charge is 0.354 e. The van der Waals surface area contributed by atoms with Gasteiger partial charge >= 0.3 is 0 Å². The maximum Gasteiger partial charge on any atom is 0.222 e. The highest BCUT2D eigenvalue weighted by atomic mass is 16.2. The molecule has 0 atom stereocenters. The number of carbonyl (C=O) groups excluding carboxylic acids is 1. The number of para-hydroxylation sites is 1. The van der Waals surface area contributed by atoms with E-state index in [9.17, 15) is 4.79 Å². The molecule has 0 spiro atoms. The average Bonchev–Trinajstić information content (AvgIpc) is 3.20. The summed E-state index contributed by atoms with van der Waals surface area (Å²) in [6.45, 7) is 5.34. The fourth-order valence-corrected chi connectivity index (χ4v) is 5.03. The Kier molecular flexibility index (Phi) is 8.08. The quantitative estimate of drug-likeness (QED) is 0.290. The van der Waals surface area contributed by atoms with Gasteiger partial charge in [0.1, 0.15) is 11.6 Å². The van der Waals surface area contributed by atoms with Crippen molar-refractivity contribution in [3.05, 3.63) is 78.2 Å². The predicted octanol–water partition coefficient (Wildman–Crippen LogP) is 5.42. The lowest BCUT2D eigenvalue weighted by Gasteiger charge is -2.24. The Hall–Kier alpha value is -3.74. The van der Waals surface area contributed by atoms with E-state index in [1.165, 1.54) is 18.4 Å². The molecule has 0 bridgehead atoms. The summed E-state index contributed by atoms with van der Waals surface area (Å²) in [5.74, 6) is 1.97. The van der Waals surface area contributed by atoms with E-state index in [4.69, 9.17) is 15.1 Å². The van der Waals surface area contributed by atoms with Gasteiger partial charge in [0.25, 0.3) is 0 Å². The zero-order chi connectivity index (χ0) is 25.5. The number of aromatic nitrogens is 4. The molecule has 37 heavy (non-hydrogen) atoms. The topological polar surface area (TPSA) is 67.2 Å². The summed E-state index contributed by atoms with van der Waals surface area (Å²) in [5, 5.41) is 5.65. The Bertz CT molecular complexity index is 1300. The van der Waals surface area contributed by atoms with Gasteiger partial charge in [0, 0.05) is 39.0 Å². The van der Waals surface area contributed by atoms with Crippen LogP contribution in [0.1, 0.15) is 56.8 Å². The number of anilines is 1. The van der Waals surface area contributed by atoms with E-state index in [0.717, 1.165) is 73.8 Å². The SMILES string of the molecule is CCCCCCC(=O)N1CCCN(c2nc(Cc3ccccc3)nc3c2cnn3-c2ccccc2)CC1. The van der Waals surface area contributed by atoms with E-state index in [-0.39, 0.29) is 5.91 Å². The van der Waals surface area contributed by atoms with Crippen LogP contribution in [-0.2, 0) is 11.2 Å². The van der Waals surface area contributed by atoms with Crippen LogP contribution in [-0.4, -0.2) is 56.7 Å². The number of carbonyl (C=O) groups is 1. The third-order valence-electron chi connectivity index (χ3n) is 7.05. The number of amides is 1. The molecule has 1 saturated heterocycles. The molecule has 1 aliphatic heterocycles. The van der Waals surface area contributed by atoms with Crippen LogP contribution in [0.4, 0.5) is 5.82 Å². The smallest absolute Gasteiger partial charge is 0.222 e. The molecule has 3 heterocycles. The standard InChI is InChI=1S/C30H36N6O/c1-2-3-4-11-17-28(37)34-18-12-19-35(21-20-34)29-26-23-31-36(25-15-9-6-10-16-25)30(26)33-27(32-29)22-24-13-7-5-8-14-24/h5-10,13-16,23H,2-4,11-12,17-22H2,1H3. The summed E-state index contributed by atoms with van der Waals surface area (Å²) in [6.07, 6.45) is 8.62. The van der Waals surface area contributed by atoms with Gasteiger partial charge < -0.3 is 9.80 Å². The van der Waals surface area contributed by atoms with Gasteiger partial charge in [0.05, 0.1) is 17.3 Å². The molecule has 1 aliphatic rings. The normalized spacial score (nSPS) is 14.2. The molecular formula is C30H36N6O. The lowest BCUT2D eigenvalue weighted by atomic mass is 10.1. The van der Waals surface area contributed by atoms with E-state index >= 15 is 0 Å². The average molecular weight is 497 g/mol. The fourth-order valence-electron chi connectivity index (χ4n) is 5.03. The fraction of sp³-hybridized carbons (Fsp3) is 0.400. The molecule has 192 valence electrons. The van der Waals surface area contributed by atoms with Gasteiger partial charge in [-0.05, 0) is 30.5 Å². The van der Waals surface area contributed by atoms with E-state index < -0.39 is 0 Å². The second-order valence-electron chi connectivity index (χ2n) is 9.79. The molecule has 1 fully saturated rings. The summed E-state index contributed by atoms with van der Waals surface area (Å²) < 4.78 is 1.90. The second kappa shape index (κ2) is 12.0. The summed E-state index contributed by atoms with van der Waals surface area (Å²) >= 11 is 0. The maximum absolute atomic E-state index is 12.9. The number of unbranched alkanes of at least 4 members (excludes halogenated alkanes) is 3. The first-order valence-electron chi connectivity index (χ1n) is 13.6. The van der Waals surface area contributed by atoms with Crippen LogP contribution in [0, 0.1) is 0 Å². The molecule has 5 rings (SSSR count). The lowest BCUT2D eigenvalue weighted by Crippen LogP contribution is -2.35. The van der Waals surface area contributed by atoms with Crippen molar-refractivity contribution >= 4 is 22.8 Å². The Morgan fingerprint density at radius 1 is 0.865 bits per heavy atom. The zero-order valence-corrected chi connectivity index (χ0v) is 21.7. The van der Waals surface area contributed by atoms with Gasteiger partial charge in [0.15, 0.2) is 5.65 Å². The van der Waals surface area contributed by atoms with Crippen molar-refractivity contribution in [2.24, 2.45) is 0 Å². The van der Waals surface area contributed by atoms with Crippen molar-refractivity contribution in [3.8, 4) is 5.69 Å². The molecule has 0 unspecified atom stereocenters. The number of benzene rings is 2. The van der Waals surface area contributed by atoms with Gasteiger partial charge in [-0.3, -0.25) is 4.79 Å². The monoisotopic (exact) mass is 496 g/mol. The summed E-state index contributed by atoms with van der Waals surface area (Å²) in [7, 11) is 0. The predicted molar refractivity (Wildman–Crippen MR) is 148 cm³/mol. The van der Waals surface area contributed by atoms with Gasteiger partial charge in [-0.2, -0.15) is 5.10 Å². The van der Waals surface area contributed by atoms with Crippen molar-refractivity contribution in [1.29, 1.82) is 0 Å². The van der Waals surface area contributed by atoms with Crippen LogP contribution >= 0.6 is 0 Å². The highest BCUT2D eigenvalue weighted by molar-refractivity contribution is 5.88. The van der Waals surface area contributed by atoms with Gasteiger partial charge in [-0.15, -0.1) is 0 Å². The summed E-state index contributed by atoms with van der Waals surface area (Å²) in [5.41, 5.74) is 2.97. The van der Waals surface area contributed by atoms with Gasteiger partial charge in [0.2, 0.25) is 5.91 Å². The summed E-state index contributed by atoms with van der Waals surface area (Å²) in [6, 6.07) is 20.5. The van der Waals surface area contributed by atoms with E-state index in [0.29, 0.717) is 12.8 Å². The zero-order valence-electron chi connectivity index (χ0n) is 21.7. The maximum atomic E-state index is 12.9. The van der Waals surface area contributed by atoms with Crippen molar-refractivity contribution in [1.82, 2.24) is 24.6 Å². The number of hydrogen-bond donors (Lipinski definition) is 0. The molecule has 2 aromatic carbocycles. The van der Waals surface area contributed by atoms with Crippen molar-refractivity contribution in [3.63, 3.8) is 0 Å². The number of fused-ring (bicyclic) bond motifs is 1. The Balaban J connectivity index is 1.43. The third-order valence-corrected chi connectivity index (χ3v) is 7.05. The molecule has 1 amide bonds. The molecular weight excluding hydrogens is 460 g/mol. The minimum absolute atomic E-state index is 0.285. The number of hydrogen-bond acceptors (Lipinski definition) is 5. The highest BCUT2D eigenvalue weighted by Gasteiger charge is 2.23. The Morgan fingerprint density at radius 3 is 2.43 bits per heavy atom. The van der Waals surface area contributed by atoms with Crippen molar-refractivity contribution in [2.45, 2.75) is 51.9 Å². The molecule has 4 aromatic rings. The van der Waals surface area contributed by atoms with Crippen LogP contribution in [0.15, 0.2) is 66.9 Å². The first-order valence-corrected chi connectivity index (χ1v) is 13.6. The minimum Gasteiger partial charge on any atom is -0.354 e. The molecule has 7 nitrogen and oxygen atoms in total. The third kappa shape index (κ3) is 5.98. The first-order chi connectivity index (χ1) is 18.2. The second-order valence-corrected chi connectivity index (χ2v) is 9.79. The minimum atomic E-state index is 0.285. The van der Waals surface area contributed by atoms with E-state index in [1.54, 1.807) is 0 Å². The van der Waals surface area contributed by atoms with Crippen LogP contribution in [0.3, 0.4) is 0 Å². The first kappa shape index (κ1) is 24.9. The lowest BCUT2D eigenvalue weighted by molar-refractivity contribution is -0.131. The molecule has 0 saturated carbocycles. The van der Waals surface area contributed by atoms with Crippen LogP contribution < -0.4 is 4.90 Å². The van der Waals surface area contributed by atoms with E-state index in [2.05, 4.69) is 24.0 Å². The van der Waals surface area contributed by atoms with Gasteiger partial charge in [-0.25, -0.2) is 14.6 Å². The molecule has 7 heteroatoms. The molecule has 0 aliphatic carbocycles. The van der Waals surface area contributed by atoms with Crippen molar-refractivity contribution in [2.75, 3.05) is 31.1 Å². The Labute approximate surface area is 219 Å². The van der Waals surface area contributed by atoms with E-state index in [1.807, 2.05) is 64.3 Å². The molecule has 0 radical (unpaired) electrons. The van der Waals surface area contributed by atoms with Crippen molar-refractivity contribution < 1.29 is 4.79 Å². The molecule has 2 aromatic heterocycles. The van der Waals surface area contributed by atoms with Crippen LogP contribution in [0.2, 0.25) is 0 Å². The summed E-state index contributed by atoms with van der Waals surface area (Å²) in [4.78, 5) is 27.3. The van der Waals surface area contributed by atoms with Gasteiger partial charge in [-0.1, -0.05) is 74.7 Å². The molecule has 0 N–H and O–H groups in total. The number of rotatable bonds is 9. The highest BCUT2D eigenvalue weighted by Crippen LogP contribution is 2.27.